The number of esters is 1. The van der Waals surface area contributed by atoms with E-state index in [9.17, 15) is 14.0 Å². The number of benzene rings is 1. The van der Waals surface area contributed by atoms with E-state index in [-0.39, 0.29) is 29.6 Å². The second-order valence-electron chi connectivity index (χ2n) is 7.06. The van der Waals surface area contributed by atoms with Crippen LogP contribution in [0.4, 0.5) is 4.39 Å². The van der Waals surface area contributed by atoms with E-state index < -0.39 is 5.97 Å². The highest BCUT2D eigenvalue weighted by Gasteiger charge is 2.20. The van der Waals surface area contributed by atoms with Crippen LogP contribution in [0.5, 0.6) is 0 Å². The molecule has 1 aromatic carbocycles. The summed E-state index contributed by atoms with van der Waals surface area (Å²) in [6.07, 6.45) is 1.59. The first-order valence-corrected chi connectivity index (χ1v) is 9.30. The fourth-order valence-electron chi connectivity index (χ4n) is 3.23. The molecular weight excluding hydrogens is 391 g/mol. The van der Waals surface area contributed by atoms with Crippen LogP contribution in [0, 0.1) is 5.82 Å². The van der Waals surface area contributed by atoms with Gasteiger partial charge in [0.25, 0.3) is 5.56 Å². The molecule has 0 unspecified atom stereocenters. The summed E-state index contributed by atoms with van der Waals surface area (Å²) < 4.78 is 26.2. The van der Waals surface area contributed by atoms with E-state index in [0.717, 1.165) is 0 Å². The van der Waals surface area contributed by atoms with Crippen LogP contribution in [0.3, 0.4) is 0 Å². The van der Waals surface area contributed by atoms with E-state index in [0.29, 0.717) is 28.0 Å². The number of aromatic nitrogens is 4. The van der Waals surface area contributed by atoms with Gasteiger partial charge in [-0.3, -0.25) is 4.79 Å². The number of halogens is 1. The number of rotatable bonds is 5. The van der Waals surface area contributed by atoms with Crippen molar-refractivity contribution in [3.63, 3.8) is 0 Å². The third-order valence-electron chi connectivity index (χ3n) is 4.68. The summed E-state index contributed by atoms with van der Waals surface area (Å²) in [6.45, 7) is 3.96. The molecule has 9 heteroatoms. The van der Waals surface area contributed by atoms with Gasteiger partial charge in [-0.25, -0.2) is 18.5 Å². The number of furan rings is 1. The first kappa shape index (κ1) is 19.6. The van der Waals surface area contributed by atoms with E-state index in [2.05, 4.69) is 14.9 Å². The van der Waals surface area contributed by atoms with Crippen LogP contribution >= 0.6 is 0 Å². The Morgan fingerprint density at radius 3 is 2.60 bits per heavy atom. The topological polar surface area (TPSA) is 92.2 Å². The highest BCUT2D eigenvalue weighted by Crippen LogP contribution is 2.23. The molecule has 0 spiro atoms. The van der Waals surface area contributed by atoms with Gasteiger partial charge in [0.15, 0.2) is 0 Å². The van der Waals surface area contributed by atoms with Crippen molar-refractivity contribution in [1.29, 1.82) is 0 Å². The van der Waals surface area contributed by atoms with Gasteiger partial charge >= 0.3 is 5.97 Å². The van der Waals surface area contributed by atoms with Crippen molar-refractivity contribution in [2.24, 2.45) is 0 Å². The predicted molar refractivity (Wildman–Crippen MR) is 106 cm³/mol. The molecule has 0 atom stereocenters. The molecule has 0 saturated carbocycles. The molecule has 0 fully saturated rings. The zero-order valence-corrected chi connectivity index (χ0v) is 16.6. The first-order chi connectivity index (χ1) is 14.4. The Kier molecular flexibility index (Phi) is 4.94. The zero-order valence-electron chi connectivity index (χ0n) is 16.6. The predicted octanol–water partition coefficient (Wildman–Crippen LogP) is 3.27. The molecule has 3 heterocycles. The second kappa shape index (κ2) is 7.58. The third-order valence-corrected chi connectivity index (χ3v) is 4.68. The summed E-state index contributed by atoms with van der Waals surface area (Å²) in [5.41, 5.74) is 1.20. The van der Waals surface area contributed by atoms with E-state index >= 15 is 0 Å². The van der Waals surface area contributed by atoms with Crippen LogP contribution < -0.4 is 5.56 Å². The fourth-order valence-corrected chi connectivity index (χ4v) is 3.23. The molecule has 154 valence electrons. The molecule has 0 radical (unpaired) electrons. The summed E-state index contributed by atoms with van der Waals surface area (Å²) in [5.74, 6) is -0.535. The number of carbonyl (C=O) groups is 1. The monoisotopic (exact) mass is 410 g/mol. The van der Waals surface area contributed by atoms with Crippen LogP contribution in [0.15, 0.2) is 51.8 Å². The number of hydrogen-bond acceptors (Lipinski definition) is 6. The molecule has 0 aliphatic heterocycles. The second-order valence-corrected chi connectivity index (χ2v) is 7.06. The summed E-state index contributed by atoms with van der Waals surface area (Å²) in [6, 6.07) is 8.80. The Balaban J connectivity index is 1.86. The lowest BCUT2D eigenvalue weighted by atomic mass is 10.1. The molecular formula is C21H19FN4O4. The number of methoxy groups -OCH3 is 1. The molecule has 0 bridgehead atoms. The van der Waals surface area contributed by atoms with Gasteiger partial charge in [-0.15, -0.1) is 0 Å². The molecule has 0 amide bonds. The minimum Gasteiger partial charge on any atom is -0.463 e. The SMILES string of the molecule is COC(=O)c1ccc(Cn2nc(C(C)C)c3cnn(-c4ccc(F)cc4)c3c2=O)o1. The highest BCUT2D eigenvalue weighted by molar-refractivity contribution is 5.86. The summed E-state index contributed by atoms with van der Waals surface area (Å²) in [4.78, 5) is 24.9. The normalized spacial score (nSPS) is 11.4. The molecule has 4 rings (SSSR count). The fraction of sp³-hybridized carbons (Fsp3) is 0.238. The number of carbonyl (C=O) groups excluding carboxylic acids is 1. The average molecular weight is 410 g/mol. The van der Waals surface area contributed by atoms with Gasteiger partial charge in [0, 0.05) is 5.39 Å². The standard InChI is InChI=1S/C21H19FN4O4/c1-12(2)18-16-10-23-26(14-6-4-13(22)5-7-14)19(16)20(27)25(24-18)11-15-8-9-17(30-15)21(28)29-3/h4-10,12H,11H2,1-3H3. The smallest absolute Gasteiger partial charge is 0.373 e. The van der Waals surface area contributed by atoms with E-state index in [1.54, 1.807) is 24.4 Å². The van der Waals surface area contributed by atoms with Crippen molar-refractivity contribution >= 4 is 16.9 Å². The Bertz CT molecular complexity index is 1280. The van der Waals surface area contributed by atoms with Gasteiger partial charge in [-0.05, 0) is 42.3 Å². The van der Waals surface area contributed by atoms with Crippen LogP contribution in [0.1, 0.15) is 41.8 Å². The van der Waals surface area contributed by atoms with E-state index in [4.69, 9.17) is 4.42 Å². The number of nitrogens with zero attached hydrogens (tertiary/aromatic N) is 4. The quantitative estimate of drug-likeness (QED) is 0.469. The Hall–Kier alpha value is -3.75. The summed E-state index contributed by atoms with van der Waals surface area (Å²) >= 11 is 0. The number of hydrogen-bond donors (Lipinski definition) is 0. The first-order valence-electron chi connectivity index (χ1n) is 9.30. The van der Waals surface area contributed by atoms with Crippen molar-refractivity contribution in [1.82, 2.24) is 19.6 Å². The van der Waals surface area contributed by atoms with Crippen molar-refractivity contribution < 1.29 is 18.3 Å². The lowest BCUT2D eigenvalue weighted by molar-refractivity contribution is 0.0562. The van der Waals surface area contributed by atoms with Gasteiger partial charge in [0.05, 0.1) is 24.7 Å². The van der Waals surface area contributed by atoms with Crippen molar-refractivity contribution in [3.8, 4) is 5.69 Å². The lowest BCUT2D eigenvalue weighted by Crippen LogP contribution is -2.26. The van der Waals surface area contributed by atoms with Crippen LogP contribution in [-0.2, 0) is 11.3 Å². The van der Waals surface area contributed by atoms with Gasteiger partial charge in [-0.2, -0.15) is 10.2 Å². The van der Waals surface area contributed by atoms with Gasteiger partial charge in [0.1, 0.15) is 23.6 Å². The van der Waals surface area contributed by atoms with Gasteiger partial charge in [0.2, 0.25) is 5.76 Å². The van der Waals surface area contributed by atoms with Gasteiger partial charge < -0.3 is 9.15 Å². The van der Waals surface area contributed by atoms with Crippen molar-refractivity contribution in [2.45, 2.75) is 26.3 Å². The molecule has 3 aromatic heterocycles. The van der Waals surface area contributed by atoms with Gasteiger partial charge in [-0.1, -0.05) is 13.8 Å². The van der Waals surface area contributed by atoms with E-state index in [1.165, 1.54) is 34.7 Å². The maximum absolute atomic E-state index is 13.3. The van der Waals surface area contributed by atoms with Crippen LogP contribution in [0.25, 0.3) is 16.6 Å². The minimum absolute atomic E-state index is 0.0208. The maximum atomic E-state index is 13.3. The van der Waals surface area contributed by atoms with Crippen LogP contribution in [0.2, 0.25) is 0 Å². The summed E-state index contributed by atoms with van der Waals surface area (Å²) in [7, 11) is 1.26. The Morgan fingerprint density at radius 1 is 1.20 bits per heavy atom. The summed E-state index contributed by atoms with van der Waals surface area (Å²) in [5, 5.41) is 9.48. The highest BCUT2D eigenvalue weighted by atomic mass is 19.1. The molecule has 0 aliphatic carbocycles. The maximum Gasteiger partial charge on any atom is 0.373 e. The Morgan fingerprint density at radius 2 is 1.93 bits per heavy atom. The third kappa shape index (κ3) is 3.38. The molecule has 4 aromatic rings. The number of fused-ring (bicyclic) bond motifs is 1. The molecule has 30 heavy (non-hydrogen) atoms. The number of ether oxygens (including phenoxy) is 1. The molecule has 8 nitrogen and oxygen atoms in total. The lowest BCUT2D eigenvalue weighted by Gasteiger charge is -2.11. The van der Waals surface area contributed by atoms with E-state index in [1.807, 2.05) is 13.8 Å². The molecule has 0 N–H and O–H groups in total. The molecule has 0 saturated heterocycles. The minimum atomic E-state index is -0.603. The van der Waals surface area contributed by atoms with Crippen LogP contribution in [-0.4, -0.2) is 32.6 Å². The Labute approximate surface area is 170 Å². The van der Waals surface area contributed by atoms with Crippen molar-refractivity contribution in [2.75, 3.05) is 7.11 Å². The molecule has 0 aliphatic rings. The van der Waals surface area contributed by atoms with Crippen molar-refractivity contribution in [3.05, 3.63) is 76.0 Å². The largest absolute Gasteiger partial charge is 0.463 e. The zero-order chi connectivity index (χ0) is 21.4. The average Bonchev–Trinajstić information content (AvgIpc) is 3.37.